The Morgan fingerprint density at radius 1 is 1.19 bits per heavy atom. The predicted molar refractivity (Wildman–Crippen MR) is 64.1 cm³/mol. The van der Waals surface area contributed by atoms with Crippen molar-refractivity contribution in [2.45, 2.75) is 39.4 Å². The average Bonchev–Trinajstić information content (AvgIpc) is 2.19. The maximum Gasteiger partial charge on any atom is 0.126 e. The first-order valence-corrected chi connectivity index (χ1v) is 5.55. The van der Waals surface area contributed by atoms with Crippen LogP contribution >= 0.6 is 0 Å². The third-order valence-electron chi connectivity index (χ3n) is 2.17. The lowest BCUT2D eigenvalue weighted by Gasteiger charge is -2.17. The summed E-state index contributed by atoms with van der Waals surface area (Å²) in [6.45, 7) is 5.71. The third-order valence-corrected chi connectivity index (χ3v) is 2.17. The fourth-order valence-electron chi connectivity index (χ4n) is 1.60. The van der Waals surface area contributed by atoms with Crippen LogP contribution in [0.1, 0.15) is 26.3 Å². The number of benzene rings is 1. The van der Waals surface area contributed by atoms with E-state index in [-0.39, 0.29) is 6.10 Å². The van der Waals surface area contributed by atoms with E-state index >= 15 is 0 Å². The maximum atomic E-state index is 9.47. The Hall–Kier alpha value is -1.22. The van der Waals surface area contributed by atoms with Gasteiger partial charge in [-0.05, 0) is 32.9 Å². The van der Waals surface area contributed by atoms with Gasteiger partial charge in [0.25, 0.3) is 0 Å². The van der Waals surface area contributed by atoms with Gasteiger partial charge >= 0.3 is 0 Å². The second-order valence-electron chi connectivity index (χ2n) is 4.16. The van der Waals surface area contributed by atoms with Crippen molar-refractivity contribution >= 4 is 0 Å². The van der Waals surface area contributed by atoms with Gasteiger partial charge in [-0.15, -0.1) is 0 Å². The van der Waals surface area contributed by atoms with Gasteiger partial charge in [-0.1, -0.05) is 6.07 Å². The van der Waals surface area contributed by atoms with Gasteiger partial charge in [0.1, 0.15) is 11.5 Å². The molecule has 0 aliphatic carbocycles. The fraction of sp³-hybridized carbons (Fsp3) is 0.538. The van der Waals surface area contributed by atoms with E-state index < -0.39 is 6.10 Å². The number of hydrogen-bond acceptors (Lipinski definition) is 3. The molecule has 0 aromatic heterocycles. The van der Waals surface area contributed by atoms with Crippen LogP contribution in [-0.4, -0.2) is 24.4 Å². The van der Waals surface area contributed by atoms with E-state index in [1.54, 1.807) is 14.0 Å². The molecule has 16 heavy (non-hydrogen) atoms. The van der Waals surface area contributed by atoms with Crippen molar-refractivity contribution in [2.24, 2.45) is 0 Å². The number of aliphatic hydroxyl groups excluding tert-OH is 1. The highest BCUT2D eigenvalue weighted by Crippen LogP contribution is 2.30. The monoisotopic (exact) mass is 224 g/mol. The van der Waals surface area contributed by atoms with Crippen molar-refractivity contribution < 1.29 is 14.6 Å². The quantitative estimate of drug-likeness (QED) is 0.834. The fourth-order valence-corrected chi connectivity index (χ4v) is 1.60. The highest BCUT2D eigenvalue weighted by molar-refractivity contribution is 5.45. The molecule has 1 N–H and O–H groups in total. The Kier molecular flexibility index (Phi) is 4.62. The molecule has 3 nitrogen and oxygen atoms in total. The molecule has 1 unspecified atom stereocenters. The van der Waals surface area contributed by atoms with E-state index in [1.165, 1.54) is 0 Å². The minimum absolute atomic E-state index is 0.111. The van der Waals surface area contributed by atoms with Crippen LogP contribution in [0.25, 0.3) is 0 Å². The SMILES string of the molecule is COc1cccc(OC(C)C)c1CC(C)O. The van der Waals surface area contributed by atoms with E-state index in [2.05, 4.69) is 0 Å². The predicted octanol–water partition coefficient (Wildman–Crippen LogP) is 2.41. The number of aliphatic hydroxyl groups is 1. The van der Waals surface area contributed by atoms with E-state index in [0.29, 0.717) is 6.42 Å². The normalized spacial score (nSPS) is 12.6. The lowest BCUT2D eigenvalue weighted by molar-refractivity contribution is 0.188. The van der Waals surface area contributed by atoms with Crippen LogP contribution in [0.2, 0.25) is 0 Å². The standard InChI is InChI=1S/C13H20O3/c1-9(2)16-13-7-5-6-12(15-4)11(13)8-10(3)14/h5-7,9-10,14H,8H2,1-4H3. The van der Waals surface area contributed by atoms with E-state index in [9.17, 15) is 5.11 Å². The largest absolute Gasteiger partial charge is 0.496 e. The average molecular weight is 224 g/mol. The van der Waals surface area contributed by atoms with E-state index in [0.717, 1.165) is 17.1 Å². The molecule has 0 aliphatic heterocycles. The number of methoxy groups -OCH3 is 1. The molecule has 0 bridgehead atoms. The molecule has 0 fully saturated rings. The minimum atomic E-state index is -0.411. The Morgan fingerprint density at radius 2 is 1.81 bits per heavy atom. The lowest BCUT2D eigenvalue weighted by Crippen LogP contribution is -2.11. The Balaban J connectivity index is 3.04. The minimum Gasteiger partial charge on any atom is -0.496 e. The molecule has 3 heteroatoms. The van der Waals surface area contributed by atoms with Crippen molar-refractivity contribution in [3.8, 4) is 11.5 Å². The van der Waals surface area contributed by atoms with Crippen LogP contribution in [0.4, 0.5) is 0 Å². The molecule has 0 spiro atoms. The van der Waals surface area contributed by atoms with Crippen molar-refractivity contribution in [2.75, 3.05) is 7.11 Å². The summed E-state index contributed by atoms with van der Waals surface area (Å²) >= 11 is 0. The molecule has 0 saturated carbocycles. The van der Waals surface area contributed by atoms with Gasteiger partial charge in [-0.25, -0.2) is 0 Å². The molecule has 1 rings (SSSR count). The van der Waals surface area contributed by atoms with Gasteiger partial charge in [0.05, 0.1) is 19.3 Å². The Bertz CT molecular complexity index is 332. The summed E-state index contributed by atoms with van der Waals surface area (Å²) in [6.07, 6.45) is 0.233. The van der Waals surface area contributed by atoms with Crippen LogP contribution in [0.5, 0.6) is 11.5 Å². The van der Waals surface area contributed by atoms with Crippen LogP contribution < -0.4 is 9.47 Å². The van der Waals surface area contributed by atoms with Crippen LogP contribution in [0.15, 0.2) is 18.2 Å². The first kappa shape index (κ1) is 12.8. The zero-order valence-corrected chi connectivity index (χ0v) is 10.4. The summed E-state index contributed by atoms with van der Waals surface area (Å²) in [5, 5.41) is 9.47. The molecule has 0 amide bonds. The summed E-state index contributed by atoms with van der Waals surface area (Å²) in [4.78, 5) is 0. The van der Waals surface area contributed by atoms with Crippen LogP contribution in [0.3, 0.4) is 0 Å². The molecular weight excluding hydrogens is 204 g/mol. The van der Waals surface area contributed by atoms with Gasteiger partial charge < -0.3 is 14.6 Å². The second-order valence-corrected chi connectivity index (χ2v) is 4.16. The van der Waals surface area contributed by atoms with E-state index in [4.69, 9.17) is 9.47 Å². The highest BCUT2D eigenvalue weighted by atomic mass is 16.5. The van der Waals surface area contributed by atoms with Crippen molar-refractivity contribution in [1.82, 2.24) is 0 Å². The zero-order valence-electron chi connectivity index (χ0n) is 10.4. The summed E-state index contributed by atoms with van der Waals surface area (Å²) in [5.74, 6) is 1.55. The Morgan fingerprint density at radius 3 is 2.31 bits per heavy atom. The molecule has 0 saturated heterocycles. The third kappa shape index (κ3) is 3.42. The summed E-state index contributed by atoms with van der Waals surface area (Å²) in [5.41, 5.74) is 0.925. The molecule has 0 aliphatic rings. The topological polar surface area (TPSA) is 38.7 Å². The molecular formula is C13H20O3. The van der Waals surface area contributed by atoms with Crippen molar-refractivity contribution in [1.29, 1.82) is 0 Å². The second kappa shape index (κ2) is 5.75. The smallest absolute Gasteiger partial charge is 0.126 e. The number of ether oxygens (including phenoxy) is 2. The number of hydrogen-bond donors (Lipinski definition) is 1. The lowest BCUT2D eigenvalue weighted by atomic mass is 10.1. The van der Waals surface area contributed by atoms with Gasteiger partial charge in [-0.2, -0.15) is 0 Å². The van der Waals surface area contributed by atoms with Gasteiger partial charge in [0, 0.05) is 12.0 Å². The van der Waals surface area contributed by atoms with Gasteiger partial charge in [-0.3, -0.25) is 0 Å². The summed E-state index contributed by atoms with van der Waals surface area (Å²) < 4.78 is 11.0. The summed E-state index contributed by atoms with van der Waals surface area (Å²) in [7, 11) is 1.63. The molecule has 1 aromatic rings. The van der Waals surface area contributed by atoms with Crippen LogP contribution in [0, 0.1) is 0 Å². The highest BCUT2D eigenvalue weighted by Gasteiger charge is 2.13. The Labute approximate surface area is 97.0 Å². The zero-order chi connectivity index (χ0) is 12.1. The van der Waals surface area contributed by atoms with Crippen LogP contribution in [-0.2, 0) is 6.42 Å². The molecule has 0 heterocycles. The molecule has 1 atom stereocenters. The van der Waals surface area contributed by atoms with Crippen molar-refractivity contribution in [3.63, 3.8) is 0 Å². The number of rotatable bonds is 5. The summed E-state index contributed by atoms with van der Waals surface area (Å²) in [6, 6.07) is 5.67. The molecule has 1 aromatic carbocycles. The van der Waals surface area contributed by atoms with E-state index in [1.807, 2.05) is 32.0 Å². The van der Waals surface area contributed by atoms with Gasteiger partial charge in [0.15, 0.2) is 0 Å². The molecule has 90 valence electrons. The maximum absolute atomic E-state index is 9.47. The first-order valence-electron chi connectivity index (χ1n) is 5.55. The molecule has 0 radical (unpaired) electrons. The van der Waals surface area contributed by atoms with Crippen molar-refractivity contribution in [3.05, 3.63) is 23.8 Å². The first-order chi connectivity index (χ1) is 7.54. The van der Waals surface area contributed by atoms with Gasteiger partial charge in [0.2, 0.25) is 0 Å².